The van der Waals surface area contributed by atoms with E-state index in [1.54, 1.807) is 0 Å². The number of isothiocyanates is 1. The summed E-state index contributed by atoms with van der Waals surface area (Å²) in [6.07, 6.45) is 0. The van der Waals surface area contributed by atoms with E-state index < -0.39 is 15.2 Å². The van der Waals surface area contributed by atoms with Gasteiger partial charge in [0.1, 0.15) is 0 Å². The molecule has 7 nitrogen and oxygen atoms in total. The van der Waals surface area contributed by atoms with E-state index in [2.05, 4.69) is 22.4 Å². The number of aliphatic imine (C=N–C) groups is 1. The number of hydrogen-bond donors (Lipinski definition) is 4. The van der Waals surface area contributed by atoms with Crippen LogP contribution in [0.25, 0.3) is 10.8 Å². The molecule has 4 N–H and O–H groups in total. The molecule has 0 fully saturated rings. The monoisotopic (exact) mass is 369 g/mol. The Kier molecular flexibility index (Phi) is 6.44. The van der Waals surface area contributed by atoms with Crippen molar-refractivity contribution >= 4 is 89.2 Å². The van der Waals surface area contributed by atoms with Crippen molar-refractivity contribution in [2.75, 3.05) is 0 Å². The van der Waals surface area contributed by atoms with Crippen molar-refractivity contribution < 1.29 is 28.7 Å². The summed E-state index contributed by atoms with van der Waals surface area (Å²) >= 11 is 4.49. The molecule has 2 aromatic carbocycles. The Morgan fingerprint density at radius 1 is 0.955 bits per heavy atom. The van der Waals surface area contributed by atoms with Gasteiger partial charge in [-0.05, 0) is 36.5 Å². The molecule has 112 valence electrons. The van der Waals surface area contributed by atoms with Gasteiger partial charge in [-0.1, -0.05) is 6.07 Å². The third-order valence-electron chi connectivity index (χ3n) is 2.77. The van der Waals surface area contributed by atoms with E-state index >= 15 is 0 Å². The van der Waals surface area contributed by atoms with Gasteiger partial charge in [-0.25, -0.2) is 0 Å². The summed E-state index contributed by atoms with van der Waals surface area (Å²) in [4.78, 5) is 40.8. The molecule has 0 radical (unpaired) electrons. The molecule has 22 heavy (non-hydrogen) atoms. The van der Waals surface area contributed by atoms with Crippen molar-refractivity contribution in [3.8, 4) is 0 Å². The molecule has 0 aliphatic rings. The van der Waals surface area contributed by atoms with Gasteiger partial charge < -0.3 is 19.6 Å². The summed E-state index contributed by atoms with van der Waals surface area (Å²) in [5.74, 6) is 0. The average Bonchev–Trinajstić information content (AvgIpc) is 2.36. The predicted molar refractivity (Wildman–Crippen MR) is 89.1 cm³/mol. The fraction of sp³-hybridized carbons (Fsp3) is 0. The van der Waals surface area contributed by atoms with Gasteiger partial charge in [0.05, 0.1) is 21.5 Å². The number of benzene rings is 2. The molecule has 0 saturated heterocycles. The van der Waals surface area contributed by atoms with Crippen LogP contribution in [0.5, 0.6) is 0 Å². The molecule has 0 aliphatic carbocycles. The molecule has 0 bridgehead atoms. The molecule has 0 heterocycles. The third kappa shape index (κ3) is 4.20. The molecule has 11 heteroatoms. The van der Waals surface area contributed by atoms with Gasteiger partial charge in [0.15, 0.2) is 0 Å². The first kappa shape index (κ1) is 19.8. The molecule has 2 aromatic rings. The second-order valence-corrected chi connectivity index (χ2v) is 7.48. The fourth-order valence-electron chi connectivity index (χ4n) is 1.89. The van der Waals surface area contributed by atoms with Crippen LogP contribution < -0.4 is 10.6 Å². The normalized spacial score (nSPS) is 11.6. The zero-order valence-electron chi connectivity index (χ0n) is 10.2. The number of nitrogens with zero attached hydrogens (tertiary/aromatic N) is 1. The van der Waals surface area contributed by atoms with Crippen molar-refractivity contribution in [1.82, 2.24) is 0 Å². The predicted octanol–water partition coefficient (Wildman–Crippen LogP) is 0.532. The van der Waals surface area contributed by atoms with Gasteiger partial charge in [-0.15, -0.1) is 0 Å². The quantitative estimate of drug-likeness (QED) is 0.269. The Morgan fingerprint density at radius 2 is 1.59 bits per heavy atom. The summed E-state index contributed by atoms with van der Waals surface area (Å²) in [5.41, 5.74) is 0.300. The molecule has 0 aromatic heterocycles. The van der Waals surface area contributed by atoms with Gasteiger partial charge in [-0.3, -0.25) is 9.13 Å². The van der Waals surface area contributed by atoms with E-state index in [9.17, 15) is 28.7 Å². The van der Waals surface area contributed by atoms with Gasteiger partial charge >= 0.3 is 44.7 Å². The molecule has 0 atom stereocenters. The maximum atomic E-state index is 11.5. The van der Waals surface area contributed by atoms with E-state index in [0.29, 0.717) is 11.1 Å². The first-order valence-corrected chi connectivity index (χ1v) is 9.05. The molecular weight excluding hydrogens is 359 g/mol. The Labute approximate surface area is 152 Å². The standard InChI is InChI=1S/C11H9NO6P2S.Na.H/c13-19(14,15)7-1-2-8-9(5-7)11(20(16,17)18)4-3-10(8)12-6-21;;/h1-5H,(H2,13,14,15)(H2,16,17,18);;. The van der Waals surface area contributed by atoms with E-state index in [-0.39, 0.29) is 45.6 Å². The fourth-order valence-corrected chi connectivity index (χ4v) is 3.32. The van der Waals surface area contributed by atoms with Crippen LogP contribution in [0.15, 0.2) is 35.3 Å². The summed E-state index contributed by atoms with van der Waals surface area (Å²) < 4.78 is 22.8. The molecule has 2 rings (SSSR count). The van der Waals surface area contributed by atoms with Crippen molar-refractivity contribution in [3.63, 3.8) is 0 Å². The van der Waals surface area contributed by atoms with Crippen molar-refractivity contribution in [2.45, 2.75) is 0 Å². The van der Waals surface area contributed by atoms with E-state index in [1.807, 2.05) is 0 Å². The Balaban J connectivity index is 0.00000242. The molecular formula is C11H10NNaO6P2S. The summed E-state index contributed by atoms with van der Waals surface area (Å²) in [5, 5.41) is 1.78. The maximum absolute atomic E-state index is 11.5. The second kappa shape index (κ2) is 7.14. The van der Waals surface area contributed by atoms with Crippen LogP contribution >= 0.6 is 27.4 Å². The van der Waals surface area contributed by atoms with Crippen LogP contribution in [0.1, 0.15) is 0 Å². The first-order valence-electron chi connectivity index (χ1n) is 5.41. The Bertz CT molecular complexity index is 870. The van der Waals surface area contributed by atoms with Gasteiger partial charge in [-0.2, -0.15) is 4.99 Å². The zero-order chi connectivity index (χ0) is 15.8. The molecule has 0 unspecified atom stereocenters. The van der Waals surface area contributed by atoms with Crippen LogP contribution in [0, 0.1) is 0 Å². The summed E-state index contributed by atoms with van der Waals surface area (Å²) in [7, 11) is -9.16. The van der Waals surface area contributed by atoms with E-state index in [0.717, 1.165) is 12.1 Å². The number of hydrogen-bond acceptors (Lipinski definition) is 4. The second-order valence-electron chi connectivity index (χ2n) is 4.12. The van der Waals surface area contributed by atoms with Crippen molar-refractivity contribution in [3.05, 3.63) is 30.3 Å². The van der Waals surface area contributed by atoms with Gasteiger partial charge in [0.25, 0.3) is 0 Å². The SMILES string of the molecule is O=P(O)(O)c1ccc2c(N=C=S)ccc(P(=O)(O)O)c2c1.[NaH]. The Morgan fingerprint density at radius 3 is 2.09 bits per heavy atom. The molecule has 0 saturated carbocycles. The number of fused-ring (bicyclic) bond motifs is 1. The minimum atomic E-state index is -4.62. The molecule has 0 spiro atoms. The summed E-state index contributed by atoms with van der Waals surface area (Å²) in [6, 6.07) is 6.06. The summed E-state index contributed by atoms with van der Waals surface area (Å²) in [6.45, 7) is 0. The average molecular weight is 369 g/mol. The molecule has 0 aliphatic heterocycles. The van der Waals surface area contributed by atoms with Crippen molar-refractivity contribution in [1.29, 1.82) is 0 Å². The molecule has 0 amide bonds. The van der Waals surface area contributed by atoms with Crippen LogP contribution in [0.2, 0.25) is 0 Å². The number of thiocarbonyl (C=S) groups is 1. The van der Waals surface area contributed by atoms with Gasteiger partial charge in [0, 0.05) is 10.8 Å². The zero-order valence-corrected chi connectivity index (χ0v) is 12.8. The van der Waals surface area contributed by atoms with Gasteiger partial charge in [0.2, 0.25) is 0 Å². The minimum absolute atomic E-state index is 0. The van der Waals surface area contributed by atoms with Crippen LogP contribution in [-0.4, -0.2) is 54.3 Å². The van der Waals surface area contributed by atoms with Crippen LogP contribution in [0.3, 0.4) is 0 Å². The Hall–Kier alpha value is -0.200. The van der Waals surface area contributed by atoms with Crippen LogP contribution in [0.4, 0.5) is 5.69 Å². The van der Waals surface area contributed by atoms with Crippen LogP contribution in [-0.2, 0) is 9.13 Å². The van der Waals surface area contributed by atoms with E-state index in [1.165, 1.54) is 18.2 Å². The third-order valence-corrected chi connectivity index (χ3v) is 4.83. The number of rotatable bonds is 3. The topological polar surface area (TPSA) is 127 Å². The van der Waals surface area contributed by atoms with Crippen molar-refractivity contribution in [2.24, 2.45) is 4.99 Å². The first-order chi connectivity index (χ1) is 9.64. The van der Waals surface area contributed by atoms with E-state index in [4.69, 9.17) is 0 Å².